The molecule has 3 amide bonds. The Balaban J connectivity index is 0.000000175. The van der Waals surface area contributed by atoms with Crippen molar-refractivity contribution in [3.8, 4) is 17.2 Å². The number of aryl methyl sites for hydroxylation is 2. The minimum atomic E-state index is -3.72. The maximum absolute atomic E-state index is 13.0. The number of fused-ring (bicyclic) bond motifs is 1. The summed E-state index contributed by atoms with van der Waals surface area (Å²) in [6, 6.07) is 59.1. The third-order valence-electron chi connectivity index (χ3n) is 17.2. The van der Waals surface area contributed by atoms with Crippen molar-refractivity contribution >= 4 is 81.4 Å². The van der Waals surface area contributed by atoms with Crippen molar-refractivity contribution in [3.63, 3.8) is 0 Å². The molecule has 2 fully saturated rings. The number of carbonyl (C=O) groups excluding carboxylic acids is 4. The summed E-state index contributed by atoms with van der Waals surface area (Å²) in [6.07, 6.45) is 8.03. The zero-order chi connectivity index (χ0) is 65.6. The van der Waals surface area contributed by atoms with Gasteiger partial charge in [0.25, 0.3) is 27.7 Å². The van der Waals surface area contributed by atoms with Gasteiger partial charge in [-0.3, -0.25) is 19.2 Å². The van der Waals surface area contributed by atoms with E-state index in [1.54, 1.807) is 82.0 Å². The zero-order valence-electron chi connectivity index (χ0n) is 51.7. The normalized spacial score (nSPS) is 17.2. The fraction of sp³-hybridized carbons (Fsp3) is 0.300. The largest absolute Gasteiger partial charge is 0.496 e. The first-order valence-electron chi connectivity index (χ1n) is 30.0. The van der Waals surface area contributed by atoms with Crippen LogP contribution in [0.2, 0.25) is 0 Å². The highest BCUT2D eigenvalue weighted by Crippen LogP contribution is 2.41. The number of amides is 3. The summed E-state index contributed by atoms with van der Waals surface area (Å²) in [5.41, 5.74) is 7.40. The van der Waals surface area contributed by atoms with E-state index in [2.05, 4.69) is 105 Å². The number of methoxy groups -OCH3 is 3. The highest BCUT2D eigenvalue weighted by Gasteiger charge is 2.40. The number of hydrogen-bond acceptors (Lipinski definition) is 14. The van der Waals surface area contributed by atoms with Gasteiger partial charge in [0.1, 0.15) is 23.0 Å². The first-order valence-corrected chi connectivity index (χ1v) is 35.1. The summed E-state index contributed by atoms with van der Waals surface area (Å²) in [7, 11) is 8.32. The van der Waals surface area contributed by atoms with Gasteiger partial charge >= 0.3 is 0 Å². The molecule has 17 nitrogen and oxygen atoms in total. The van der Waals surface area contributed by atoms with Crippen LogP contribution in [0.25, 0.3) is 0 Å². The molecule has 22 heteroatoms. The van der Waals surface area contributed by atoms with E-state index in [4.69, 9.17) is 18.4 Å². The fourth-order valence-corrected chi connectivity index (χ4v) is 13.6. The lowest BCUT2D eigenvalue weighted by Gasteiger charge is -2.38. The summed E-state index contributed by atoms with van der Waals surface area (Å²) in [5.74, 6) is 1.54. The number of para-hydroxylation sites is 3. The van der Waals surface area contributed by atoms with Gasteiger partial charge in [-0.05, 0) is 141 Å². The highest BCUT2D eigenvalue weighted by molar-refractivity contribution is 8.26. The predicted molar refractivity (Wildman–Crippen MR) is 363 cm³/mol. The Kier molecular flexibility index (Phi) is 25.2. The summed E-state index contributed by atoms with van der Waals surface area (Å²) >= 11 is 1.47. The van der Waals surface area contributed by atoms with Gasteiger partial charge in [0.15, 0.2) is 0 Å². The van der Waals surface area contributed by atoms with Crippen molar-refractivity contribution in [2.45, 2.75) is 98.7 Å². The average Bonchev–Trinajstić information content (AvgIpc) is 1.27. The number of benzene rings is 7. The van der Waals surface area contributed by atoms with E-state index in [0.717, 1.165) is 67.5 Å². The minimum absolute atomic E-state index is 0.115. The fourth-order valence-electron chi connectivity index (χ4n) is 11.9. The lowest BCUT2D eigenvalue weighted by atomic mass is 9.69. The molecule has 0 radical (unpaired) electrons. The van der Waals surface area contributed by atoms with Crippen molar-refractivity contribution in [1.82, 2.24) is 30.4 Å². The predicted octanol–water partition coefficient (Wildman–Crippen LogP) is 12.5. The second kappa shape index (κ2) is 33.3. The van der Waals surface area contributed by atoms with Crippen LogP contribution in [0.4, 0.5) is 0 Å². The number of hydrazone groups is 1. The molecule has 0 saturated heterocycles. The molecule has 1 unspecified atom stereocenters. The van der Waals surface area contributed by atoms with Crippen molar-refractivity contribution < 1.29 is 46.0 Å². The molecule has 0 spiro atoms. The van der Waals surface area contributed by atoms with Crippen molar-refractivity contribution in [3.05, 3.63) is 238 Å². The van der Waals surface area contributed by atoms with E-state index in [0.29, 0.717) is 85.0 Å². The second-order valence-corrected chi connectivity index (χ2v) is 27.7. The van der Waals surface area contributed by atoms with Gasteiger partial charge in [0, 0.05) is 80.7 Å². The number of ketones is 1. The van der Waals surface area contributed by atoms with Crippen LogP contribution in [0.3, 0.4) is 0 Å². The van der Waals surface area contributed by atoms with E-state index < -0.39 is 19.2 Å². The number of nitrogens with zero attached hydrogens (tertiary/aromatic N) is 3. The third kappa shape index (κ3) is 18.5. The molecule has 2 saturated carbocycles. The molecule has 1 aromatic heterocycles. The number of carbonyl (C=O) groups is 4. The summed E-state index contributed by atoms with van der Waals surface area (Å²) < 4.78 is 54.4. The average molecular weight is 1340 g/mol. The number of hydrogen-bond donors (Lipinski definition) is 4. The highest BCUT2D eigenvalue weighted by atomic mass is 36.0. The molecule has 0 aliphatic heterocycles. The molecular weight excluding hydrogens is 1270 g/mol. The second-order valence-electron chi connectivity index (χ2n) is 22.7. The molecule has 1 heterocycles. The monoisotopic (exact) mass is 1340 g/mol. The molecule has 7 aromatic carbocycles. The van der Waals surface area contributed by atoms with Crippen LogP contribution in [-0.2, 0) is 53.1 Å². The van der Waals surface area contributed by atoms with Gasteiger partial charge in [-0.1, -0.05) is 150 Å². The van der Waals surface area contributed by atoms with Crippen LogP contribution in [0.15, 0.2) is 198 Å². The first kappa shape index (κ1) is 69.6. The van der Waals surface area contributed by atoms with Crippen molar-refractivity contribution in [2.75, 3.05) is 41.0 Å². The van der Waals surface area contributed by atoms with Gasteiger partial charge in [0.05, 0.1) is 48.6 Å². The SMILES string of the molecule is COc1ccccc1C(=O)NCC1(c2ccccc2)CCC(=NNS(=O)(=O)c2ccc(C)cc2)CC1.COc1ccccc1C(=O)NCC1(c2ccccc2)CCC(=O)CC1.COc1ccccc1C(=O)NCC1(c2ccccc2)CCc2nnsc2C1.O=S(Cl)Cl. The van der Waals surface area contributed by atoms with Gasteiger partial charge in [-0.25, -0.2) is 9.04 Å². The Morgan fingerprint density at radius 1 is 0.533 bits per heavy atom. The van der Waals surface area contributed by atoms with E-state index in [1.165, 1.54) is 27.5 Å². The summed E-state index contributed by atoms with van der Waals surface area (Å²) in [4.78, 5) is 54.0. The molecule has 8 aromatic rings. The molecule has 3 aliphatic carbocycles. The van der Waals surface area contributed by atoms with Crippen LogP contribution in [-0.4, -0.2) is 92.4 Å². The number of halogens is 2. The Morgan fingerprint density at radius 3 is 1.30 bits per heavy atom. The summed E-state index contributed by atoms with van der Waals surface area (Å²) in [6.45, 7) is 3.44. The topological polar surface area (TPSA) is 233 Å². The van der Waals surface area contributed by atoms with Crippen molar-refractivity contribution in [2.24, 2.45) is 5.10 Å². The summed E-state index contributed by atoms with van der Waals surface area (Å²) in [5, 5.41) is 17.8. The number of Topliss-reactive ketones (excluding diaryl/α,β-unsaturated/α-hetero) is 1. The van der Waals surface area contributed by atoms with E-state index >= 15 is 0 Å². The maximum Gasteiger partial charge on any atom is 0.276 e. The van der Waals surface area contributed by atoms with Crippen LogP contribution >= 0.6 is 32.9 Å². The lowest BCUT2D eigenvalue weighted by molar-refractivity contribution is -0.121. The molecule has 3 aliphatic rings. The Bertz CT molecular complexity index is 3920. The van der Waals surface area contributed by atoms with Gasteiger partial charge in [-0.2, -0.15) is 13.5 Å². The van der Waals surface area contributed by atoms with Crippen LogP contribution in [0, 0.1) is 6.92 Å². The standard InChI is InChI=1S/C28H31N3O4S.C21H21N3O2S.C21H23NO3.Cl2OS/c1-21-12-14-24(15-13-21)36(33,34)31-30-23-16-18-28(19-17-23,22-8-4-3-5-9-22)20-29-27(32)25-10-6-7-11-26(25)35-2;1-26-18-10-6-5-9-16(18)20(25)22-14-21(15-7-3-2-4-8-15)12-11-17-19(13-21)27-24-23-17;1-25-19-10-6-5-9-18(19)20(24)22-15-21(13-11-17(23)12-14-21)16-7-3-2-4-8-16;1-4(2)3/h3-15,31H,16-20H2,1-2H3,(H,29,32);2-10H,11-14H2,1H3,(H,22,25);2-10H,11-15H2,1H3,(H,22,24);. The van der Waals surface area contributed by atoms with Crippen LogP contribution < -0.4 is 35.0 Å². The van der Waals surface area contributed by atoms with Crippen LogP contribution in [0.1, 0.15) is 122 Å². The van der Waals surface area contributed by atoms with E-state index in [9.17, 15) is 27.6 Å². The first-order chi connectivity index (χ1) is 44.4. The molecule has 0 bridgehead atoms. The van der Waals surface area contributed by atoms with Crippen molar-refractivity contribution in [1.29, 1.82) is 0 Å². The smallest absolute Gasteiger partial charge is 0.276 e. The number of aromatic nitrogens is 2. The Hall–Kier alpha value is -8.27. The zero-order valence-corrected chi connectivity index (χ0v) is 55.7. The molecule has 1 atom stereocenters. The van der Waals surface area contributed by atoms with E-state index in [1.807, 2.05) is 85.8 Å². The molecule has 482 valence electrons. The van der Waals surface area contributed by atoms with E-state index in [-0.39, 0.29) is 38.9 Å². The minimum Gasteiger partial charge on any atom is -0.496 e. The van der Waals surface area contributed by atoms with Crippen LogP contribution in [0.5, 0.6) is 17.2 Å². The number of rotatable bonds is 18. The molecule has 4 N–H and O–H groups in total. The maximum atomic E-state index is 13.0. The number of ether oxygens (including phenoxy) is 3. The molecule has 11 rings (SSSR count). The number of nitrogens with one attached hydrogen (secondary N) is 4. The van der Waals surface area contributed by atoms with Gasteiger partial charge < -0.3 is 30.2 Å². The number of sulfonamides is 1. The quantitative estimate of drug-likeness (QED) is 0.0464. The third-order valence-corrected chi connectivity index (χ3v) is 19.1. The van der Waals surface area contributed by atoms with Gasteiger partial charge in [-0.15, -0.1) is 5.10 Å². The molecular formula is C70H75Cl2N7O10S3. The van der Waals surface area contributed by atoms with Gasteiger partial charge in [0.2, 0.25) is 9.23 Å². The Labute approximate surface area is 553 Å². The lowest BCUT2D eigenvalue weighted by Crippen LogP contribution is -2.44. The Morgan fingerprint density at radius 2 is 0.891 bits per heavy atom. The molecule has 92 heavy (non-hydrogen) atoms.